The zero-order valence-corrected chi connectivity index (χ0v) is 12.4. The van der Waals surface area contributed by atoms with Gasteiger partial charge < -0.3 is 14.8 Å². The lowest BCUT2D eigenvalue weighted by Gasteiger charge is -2.10. The fourth-order valence-electron chi connectivity index (χ4n) is 1.60. The van der Waals surface area contributed by atoms with Crippen molar-refractivity contribution < 1.29 is 19.1 Å². The second kappa shape index (κ2) is 8.58. The Morgan fingerprint density at radius 1 is 1.10 bits per heavy atom. The van der Waals surface area contributed by atoms with E-state index in [-0.39, 0.29) is 5.57 Å². The normalized spacial score (nSPS) is 11.8. The first-order valence-electron chi connectivity index (χ1n) is 6.41. The molecule has 0 fully saturated rings. The maximum absolute atomic E-state index is 11.7. The second-order valence-corrected chi connectivity index (χ2v) is 4.23. The lowest BCUT2D eigenvalue weighted by molar-refractivity contribution is -0.135. The van der Waals surface area contributed by atoms with Crippen LogP contribution in [0.25, 0.3) is 0 Å². The first kappa shape index (κ1) is 16.5. The molecule has 0 amide bonds. The van der Waals surface area contributed by atoms with Crippen molar-refractivity contribution in [2.75, 3.05) is 14.2 Å². The molecule has 1 N–H and O–H groups in total. The van der Waals surface area contributed by atoms with Gasteiger partial charge in [0, 0.05) is 18.3 Å². The number of carbonyl (C=O) groups is 2. The van der Waals surface area contributed by atoms with Gasteiger partial charge in [-0.05, 0) is 18.6 Å². The zero-order chi connectivity index (χ0) is 15.7. The van der Waals surface area contributed by atoms with Gasteiger partial charge in [-0.25, -0.2) is 9.59 Å². The van der Waals surface area contributed by atoms with Crippen LogP contribution in [0.3, 0.4) is 0 Å². The number of esters is 2. The molecular formula is C16H19NO4. The summed E-state index contributed by atoms with van der Waals surface area (Å²) in [7, 11) is 2.56. The number of methoxy groups -OCH3 is 2. The van der Waals surface area contributed by atoms with Gasteiger partial charge in [0.1, 0.15) is 0 Å². The Kier molecular flexibility index (Phi) is 6.74. The first-order chi connectivity index (χ1) is 10.1. The van der Waals surface area contributed by atoms with Crippen LogP contribution in [-0.4, -0.2) is 26.2 Å². The summed E-state index contributed by atoms with van der Waals surface area (Å²) in [5.41, 5.74) is 1.97. The van der Waals surface area contributed by atoms with Crippen LogP contribution in [-0.2, 0) is 25.6 Å². The fraction of sp³-hybridized carbons (Fsp3) is 0.250. The number of ether oxygens (including phenoxy) is 2. The summed E-state index contributed by atoms with van der Waals surface area (Å²) >= 11 is 0. The van der Waals surface area contributed by atoms with Crippen LogP contribution in [0.5, 0.6) is 0 Å². The lowest BCUT2D eigenvalue weighted by Crippen LogP contribution is -2.16. The summed E-state index contributed by atoms with van der Waals surface area (Å²) < 4.78 is 9.21. The Hall–Kier alpha value is -2.56. The standard InChI is InChI=1S/C16H19NO4/c1-12(17-11-13-7-5-4-6-8-13)14(16(19)21-3)9-10-15(18)20-2/h4-10,17H,11H2,1-3H3/b10-9+,14-12+. The average molecular weight is 289 g/mol. The van der Waals surface area contributed by atoms with E-state index in [0.717, 1.165) is 5.56 Å². The summed E-state index contributed by atoms with van der Waals surface area (Å²) in [5.74, 6) is -1.06. The van der Waals surface area contributed by atoms with Crippen LogP contribution < -0.4 is 5.32 Å². The van der Waals surface area contributed by atoms with Crippen molar-refractivity contribution in [2.24, 2.45) is 0 Å². The summed E-state index contributed by atoms with van der Waals surface area (Å²) in [4.78, 5) is 22.9. The molecule has 112 valence electrons. The maximum atomic E-state index is 11.7. The van der Waals surface area contributed by atoms with E-state index in [9.17, 15) is 9.59 Å². The van der Waals surface area contributed by atoms with Gasteiger partial charge in [0.05, 0.1) is 19.8 Å². The van der Waals surface area contributed by atoms with Crippen molar-refractivity contribution in [3.05, 3.63) is 59.3 Å². The number of allylic oxidation sites excluding steroid dienone is 1. The smallest absolute Gasteiger partial charge is 0.339 e. The Labute approximate surface area is 124 Å². The zero-order valence-electron chi connectivity index (χ0n) is 12.4. The van der Waals surface area contributed by atoms with Crippen LogP contribution in [0.4, 0.5) is 0 Å². The summed E-state index contributed by atoms with van der Waals surface area (Å²) in [6, 6.07) is 9.76. The molecule has 0 aliphatic heterocycles. The van der Waals surface area contributed by atoms with E-state index in [0.29, 0.717) is 12.2 Å². The second-order valence-electron chi connectivity index (χ2n) is 4.23. The molecule has 5 heteroatoms. The number of benzene rings is 1. The minimum absolute atomic E-state index is 0.277. The molecule has 1 rings (SSSR count). The van der Waals surface area contributed by atoms with E-state index in [2.05, 4.69) is 10.1 Å². The Bertz CT molecular complexity index is 547. The van der Waals surface area contributed by atoms with Gasteiger partial charge in [-0.3, -0.25) is 0 Å². The van der Waals surface area contributed by atoms with Crippen molar-refractivity contribution >= 4 is 11.9 Å². The summed E-state index contributed by atoms with van der Waals surface area (Å²) in [6.07, 6.45) is 2.56. The monoisotopic (exact) mass is 289 g/mol. The molecule has 1 aromatic rings. The molecule has 0 atom stereocenters. The van der Waals surface area contributed by atoms with Gasteiger partial charge in [0.25, 0.3) is 0 Å². The molecule has 21 heavy (non-hydrogen) atoms. The first-order valence-corrected chi connectivity index (χ1v) is 6.41. The number of carbonyl (C=O) groups excluding carboxylic acids is 2. The number of rotatable bonds is 6. The predicted octanol–water partition coefficient (Wildman–Crippen LogP) is 1.95. The third kappa shape index (κ3) is 5.52. The Morgan fingerprint density at radius 3 is 2.33 bits per heavy atom. The molecule has 0 radical (unpaired) electrons. The van der Waals surface area contributed by atoms with Crippen LogP contribution >= 0.6 is 0 Å². The largest absolute Gasteiger partial charge is 0.466 e. The molecule has 0 unspecified atom stereocenters. The average Bonchev–Trinajstić information content (AvgIpc) is 2.53. The Balaban J connectivity index is 2.85. The van der Waals surface area contributed by atoms with Crippen molar-refractivity contribution in [1.29, 1.82) is 0 Å². The van der Waals surface area contributed by atoms with Gasteiger partial charge >= 0.3 is 11.9 Å². The van der Waals surface area contributed by atoms with Crippen molar-refractivity contribution in [2.45, 2.75) is 13.5 Å². The van der Waals surface area contributed by atoms with E-state index in [1.54, 1.807) is 6.92 Å². The van der Waals surface area contributed by atoms with Crippen molar-refractivity contribution in [3.63, 3.8) is 0 Å². The topological polar surface area (TPSA) is 64.6 Å². The fourth-order valence-corrected chi connectivity index (χ4v) is 1.60. The Morgan fingerprint density at radius 2 is 1.76 bits per heavy atom. The van der Waals surface area contributed by atoms with Crippen molar-refractivity contribution in [1.82, 2.24) is 5.32 Å². The highest BCUT2D eigenvalue weighted by Crippen LogP contribution is 2.08. The summed E-state index contributed by atoms with van der Waals surface area (Å²) in [5, 5.41) is 3.13. The summed E-state index contributed by atoms with van der Waals surface area (Å²) in [6.45, 7) is 2.32. The number of nitrogens with one attached hydrogen (secondary N) is 1. The quantitative estimate of drug-likeness (QED) is 0.492. The van der Waals surface area contributed by atoms with Crippen LogP contribution in [0, 0.1) is 0 Å². The SMILES string of the molecule is COC(=O)/C=C/C(C(=O)OC)=C(/C)NCc1ccccc1. The molecule has 1 aromatic carbocycles. The molecule has 0 saturated heterocycles. The van der Waals surface area contributed by atoms with Gasteiger partial charge in [0.2, 0.25) is 0 Å². The molecule has 0 bridgehead atoms. The molecule has 0 aliphatic rings. The highest BCUT2D eigenvalue weighted by atomic mass is 16.5. The molecule has 0 aromatic heterocycles. The molecular weight excluding hydrogens is 270 g/mol. The van der Waals surface area contributed by atoms with Gasteiger partial charge in [-0.1, -0.05) is 30.3 Å². The molecule has 0 saturated carbocycles. The highest BCUT2D eigenvalue weighted by molar-refractivity contribution is 5.94. The predicted molar refractivity (Wildman–Crippen MR) is 79.2 cm³/mol. The number of hydrogen-bond donors (Lipinski definition) is 1. The van der Waals surface area contributed by atoms with Crippen LogP contribution in [0.15, 0.2) is 53.8 Å². The highest BCUT2D eigenvalue weighted by Gasteiger charge is 2.11. The molecule has 0 heterocycles. The maximum Gasteiger partial charge on any atom is 0.339 e. The third-order valence-corrected chi connectivity index (χ3v) is 2.80. The van der Waals surface area contributed by atoms with E-state index in [1.165, 1.54) is 26.4 Å². The van der Waals surface area contributed by atoms with E-state index in [1.807, 2.05) is 30.3 Å². The van der Waals surface area contributed by atoms with E-state index < -0.39 is 11.9 Å². The third-order valence-electron chi connectivity index (χ3n) is 2.80. The molecule has 5 nitrogen and oxygen atoms in total. The van der Waals surface area contributed by atoms with Crippen LogP contribution in [0.2, 0.25) is 0 Å². The molecule has 0 spiro atoms. The van der Waals surface area contributed by atoms with Crippen LogP contribution in [0.1, 0.15) is 12.5 Å². The van der Waals surface area contributed by atoms with E-state index in [4.69, 9.17) is 4.74 Å². The van der Waals surface area contributed by atoms with Gasteiger partial charge in [-0.2, -0.15) is 0 Å². The van der Waals surface area contributed by atoms with E-state index >= 15 is 0 Å². The van der Waals surface area contributed by atoms with Gasteiger partial charge in [-0.15, -0.1) is 0 Å². The molecule has 0 aliphatic carbocycles. The lowest BCUT2D eigenvalue weighted by atomic mass is 10.1. The number of hydrogen-bond acceptors (Lipinski definition) is 5. The minimum atomic E-state index is -0.535. The van der Waals surface area contributed by atoms with Gasteiger partial charge in [0.15, 0.2) is 0 Å². The van der Waals surface area contributed by atoms with Crippen molar-refractivity contribution in [3.8, 4) is 0 Å². The minimum Gasteiger partial charge on any atom is -0.466 e.